The zero-order chi connectivity index (χ0) is 20.0. The Morgan fingerprint density at radius 1 is 0.556 bits per heavy atom. The van der Waals surface area contributed by atoms with Gasteiger partial charge in [-0.25, -0.2) is 0 Å². The highest BCUT2D eigenvalue weighted by Crippen LogP contribution is 2.12. The van der Waals surface area contributed by atoms with Crippen LogP contribution < -0.4 is 0 Å². The Bertz CT molecular complexity index is 327. The maximum atomic E-state index is 8.74. The van der Waals surface area contributed by atoms with Crippen LogP contribution in [0, 0.1) is 0 Å². The SMILES string of the molecule is CC(=CCOCC=C(C)CCCCCCCCO)CCCCCCCCO. The summed E-state index contributed by atoms with van der Waals surface area (Å²) < 4.78 is 5.72. The van der Waals surface area contributed by atoms with Gasteiger partial charge in [0.15, 0.2) is 0 Å². The number of hydrogen-bond donors (Lipinski definition) is 2. The Balaban J connectivity index is 3.49. The molecule has 0 aromatic carbocycles. The molecule has 0 fully saturated rings. The fourth-order valence-corrected chi connectivity index (χ4v) is 3.12. The quantitative estimate of drug-likeness (QED) is 0.191. The van der Waals surface area contributed by atoms with Crippen LogP contribution in [0.4, 0.5) is 0 Å². The summed E-state index contributed by atoms with van der Waals surface area (Å²) in [7, 11) is 0. The number of hydrogen-bond acceptors (Lipinski definition) is 3. The lowest BCUT2D eigenvalue weighted by atomic mass is 10.1. The molecule has 0 aliphatic carbocycles. The summed E-state index contributed by atoms with van der Waals surface area (Å²) in [6, 6.07) is 0. The molecule has 0 bridgehead atoms. The Morgan fingerprint density at radius 3 is 1.26 bits per heavy atom. The molecule has 0 aliphatic heterocycles. The molecule has 0 unspecified atom stereocenters. The molecule has 3 nitrogen and oxygen atoms in total. The van der Waals surface area contributed by atoms with E-state index in [1.165, 1.54) is 75.4 Å². The van der Waals surface area contributed by atoms with Crippen LogP contribution in [-0.4, -0.2) is 36.6 Å². The number of rotatable bonds is 20. The van der Waals surface area contributed by atoms with E-state index in [0.29, 0.717) is 13.2 Å². The van der Waals surface area contributed by atoms with Gasteiger partial charge in [-0.3, -0.25) is 0 Å². The van der Waals surface area contributed by atoms with Crippen LogP contribution in [0.2, 0.25) is 0 Å². The third-order valence-corrected chi connectivity index (χ3v) is 5.06. The largest absolute Gasteiger partial charge is 0.396 e. The summed E-state index contributed by atoms with van der Waals surface area (Å²) in [5.74, 6) is 0. The van der Waals surface area contributed by atoms with Crippen molar-refractivity contribution in [2.45, 2.75) is 104 Å². The maximum absolute atomic E-state index is 8.74. The summed E-state index contributed by atoms with van der Waals surface area (Å²) in [6.45, 7) is 6.52. The highest BCUT2D eigenvalue weighted by Gasteiger charge is 1.95. The summed E-state index contributed by atoms with van der Waals surface area (Å²) in [6.07, 6.45) is 21.2. The number of allylic oxidation sites excluding steroid dienone is 2. The van der Waals surface area contributed by atoms with Gasteiger partial charge in [-0.15, -0.1) is 0 Å². The van der Waals surface area contributed by atoms with Crippen molar-refractivity contribution in [1.29, 1.82) is 0 Å². The first-order chi connectivity index (χ1) is 13.2. The molecule has 0 radical (unpaired) electrons. The number of ether oxygens (including phenoxy) is 1. The molecule has 0 amide bonds. The topological polar surface area (TPSA) is 49.7 Å². The Kier molecular flexibility index (Phi) is 21.1. The van der Waals surface area contributed by atoms with Crippen molar-refractivity contribution in [2.75, 3.05) is 26.4 Å². The minimum absolute atomic E-state index is 0.336. The minimum Gasteiger partial charge on any atom is -0.396 e. The van der Waals surface area contributed by atoms with Crippen molar-refractivity contribution in [3.63, 3.8) is 0 Å². The highest BCUT2D eigenvalue weighted by atomic mass is 16.5. The molecular formula is C24H46O3. The molecule has 3 heteroatoms. The highest BCUT2D eigenvalue weighted by molar-refractivity contribution is 4.99. The van der Waals surface area contributed by atoms with Crippen LogP contribution in [-0.2, 0) is 4.74 Å². The summed E-state index contributed by atoms with van der Waals surface area (Å²) >= 11 is 0. The van der Waals surface area contributed by atoms with Gasteiger partial charge in [-0.1, -0.05) is 74.7 Å². The van der Waals surface area contributed by atoms with Gasteiger partial charge in [0.25, 0.3) is 0 Å². The van der Waals surface area contributed by atoms with E-state index in [1.807, 2.05) is 0 Å². The first-order valence-corrected chi connectivity index (χ1v) is 11.3. The molecule has 0 spiro atoms. The Hall–Kier alpha value is -0.640. The van der Waals surface area contributed by atoms with E-state index in [1.54, 1.807) is 0 Å². The predicted molar refractivity (Wildman–Crippen MR) is 117 cm³/mol. The van der Waals surface area contributed by atoms with Crippen LogP contribution in [0.15, 0.2) is 23.3 Å². The van der Waals surface area contributed by atoms with Crippen LogP contribution in [0.1, 0.15) is 104 Å². The molecule has 0 saturated carbocycles. The zero-order valence-electron chi connectivity index (χ0n) is 18.2. The van der Waals surface area contributed by atoms with Gasteiger partial charge in [0.05, 0.1) is 13.2 Å². The monoisotopic (exact) mass is 382 g/mol. The average molecular weight is 383 g/mol. The molecule has 0 atom stereocenters. The Labute approximate surface area is 168 Å². The zero-order valence-corrected chi connectivity index (χ0v) is 18.2. The van der Waals surface area contributed by atoms with E-state index >= 15 is 0 Å². The first kappa shape index (κ1) is 26.4. The van der Waals surface area contributed by atoms with Crippen LogP contribution in [0.3, 0.4) is 0 Å². The number of aliphatic hydroxyl groups is 2. The lowest BCUT2D eigenvalue weighted by molar-refractivity contribution is 0.192. The van der Waals surface area contributed by atoms with Crippen LogP contribution in [0.5, 0.6) is 0 Å². The minimum atomic E-state index is 0.336. The average Bonchev–Trinajstić information content (AvgIpc) is 2.66. The van der Waals surface area contributed by atoms with Crippen molar-refractivity contribution < 1.29 is 14.9 Å². The van der Waals surface area contributed by atoms with Gasteiger partial charge >= 0.3 is 0 Å². The van der Waals surface area contributed by atoms with E-state index in [4.69, 9.17) is 14.9 Å². The fraction of sp³-hybridized carbons (Fsp3) is 0.833. The third kappa shape index (κ3) is 21.5. The number of aliphatic hydroxyl groups excluding tert-OH is 2. The fourth-order valence-electron chi connectivity index (χ4n) is 3.12. The number of unbranched alkanes of at least 4 members (excludes halogenated alkanes) is 10. The van der Waals surface area contributed by atoms with E-state index in [2.05, 4.69) is 26.0 Å². The molecular weight excluding hydrogens is 336 g/mol. The summed E-state index contributed by atoms with van der Waals surface area (Å²) in [5.41, 5.74) is 2.87. The third-order valence-electron chi connectivity index (χ3n) is 5.06. The van der Waals surface area contributed by atoms with Gasteiger partial charge in [-0.2, -0.15) is 0 Å². The molecule has 0 aromatic rings. The van der Waals surface area contributed by atoms with Crippen LogP contribution >= 0.6 is 0 Å². The lowest BCUT2D eigenvalue weighted by Crippen LogP contribution is -1.94. The van der Waals surface area contributed by atoms with Gasteiger partial charge in [-0.05, 0) is 52.4 Å². The molecule has 27 heavy (non-hydrogen) atoms. The van der Waals surface area contributed by atoms with Gasteiger partial charge in [0.1, 0.15) is 0 Å². The van der Waals surface area contributed by atoms with Gasteiger partial charge in [0.2, 0.25) is 0 Å². The van der Waals surface area contributed by atoms with Crippen molar-refractivity contribution in [2.24, 2.45) is 0 Å². The predicted octanol–water partition coefficient (Wildman–Crippen LogP) is 6.34. The molecule has 0 heterocycles. The van der Waals surface area contributed by atoms with Gasteiger partial charge < -0.3 is 14.9 Å². The molecule has 160 valence electrons. The van der Waals surface area contributed by atoms with Gasteiger partial charge in [0, 0.05) is 13.2 Å². The lowest BCUT2D eigenvalue weighted by Gasteiger charge is -2.04. The molecule has 0 saturated heterocycles. The summed E-state index contributed by atoms with van der Waals surface area (Å²) in [4.78, 5) is 0. The normalized spacial score (nSPS) is 12.7. The van der Waals surface area contributed by atoms with Crippen LogP contribution in [0.25, 0.3) is 0 Å². The van der Waals surface area contributed by atoms with E-state index < -0.39 is 0 Å². The molecule has 0 rings (SSSR count). The standard InChI is InChI=1S/C24H46O3/c1-23(15-11-7-3-5-9-13-19-25)17-21-27-22-18-24(2)16-12-8-4-6-10-14-20-26/h17-18,25-26H,3-16,19-22H2,1-2H3. The van der Waals surface area contributed by atoms with E-state index in [0.717, 1.165) is 38.9 Å². The van der Waals surface area contributed by atoms with Crippen molar-refractivity contribution in [3.05, 3.63) is 23.3 Å². The molecule has 0 aliphatic rings. The second-order valence-electron chi connectivity index (χ2n) is 7.83. The second kappa shape index (κ2) is 21.7. The first-order valence-electron chi connectivity index (χ1n) is 11.3. The molecule has 0 aromatic heterocycles. The maximum Gasteiger partial charge on any atom is 0.0654 e. The van der Waals surface area contributed by atoms with E-state index in [9.17, 15) is 0 Å². The summed E-state index contributed by atoms with van der Waals surface area (Å²) in [5, 5.41) is 17.5. The molecule has 2 N–H and O–H groups in total. The van der Waals surface area contributed by atoms with Crippen molar-refractivity contribution >= 4 is 0 Å². The van der Waals surface area contributed by atoms with E-state index in [-0.39, 0.29) is 0 Å². The smallest absolute Gasteiger partial charge is 0.0654 e. The van der Waals surface area contributed by atoms with Crippen molar-refractivity contribution in [1.82, 2.24) is 0 Å². The second-order valence-corrected chi connectivity index (χ2v) is 7.83. The van der Waals surface area contributed by atoms with Crippen molar-refractivity contribution in [3.8, 4) is 0 Å². The Morgan fingerprint density at radius 2 is 0.889 bits per heavy atom.